The van der Waals surface area contributed by atoms with Crippen molar-refractivity contribution in [3.8, 4) is 0 Å². The third-order valence-corrected chi connectivity index (χ3v) is 3.22. The lowest BCUT2D eigenvalue weighted by Crippen LogP contribution is -2.24. The van der Waals surface area contributed by atoms with E-state index in [9.17, 15) is 0 Å². The van der Waals surface area contributed by atoms with Gasteiger partial charge in [-0.15, -0.1) is 0 Å². The van der Waals surface area contributed by atoms with Crippen molar-refractivity contribution in [1.82, 2.24) is 5.32 Å². The summed E-state index contributed by atoms with van der Waals surface area (Å²) in [5.74, 6) is 0.854. The van der Waals surface area contributed by atoms with Crippen molar-refractivity contribution in [2.75, 3.05) is 6.54 Å². The van der Waals surface area contributed by atoms with Crippen molar-refractivity contribution >= 4 is 0 Å². The standard InChI is InChI=1S/C11H13N/c1-2-4-10-9(3-1)8-5-6-12-11(10)7-8/h1-4,8,11-12H,5-7H2/t8-,11+/m1/s1. The van der Waals surface area contributed by atoms with Crippen LogP contribution >= 0.6 is 0 Å². The second-order valence-corrected chi connectivity index (χ2v) is 3.86. The molecule has 1 N–H and O–H groups in total. The molecule has 0 saturated carbocycles. The van der Waals surface area contributed by atoms with E-state index in [1.54, 1.807) is 11.1 Å². The Morgan fingerprint density at radius 1 is 1.17 bits per heavy atom. The lowest BCUT2D eigenvalue weighted by Gasteiger charge is -2.20. The molecule has 12 heavy (non-hydrogen) atoms. The van der Waals surface area contributed by atoms with Crippen LogP contribution in [0.15, 0.2) is 24.3 Å². The van der Waals surface area contributed by atoms with Crippen LogP contribution in [0.3, 0.4) is 0 Å². The second-order valence-electron chi connectivity index (χ2n) is 3.86. The third-order valence-electron chi connectivity index (χ3n) is 3.22. The first-order valence-electron chi connectivity index (χ1n) is 4.77. The first-order chi connectivity index (χ1) is 5.95. The molecular weight excluding hydrogens is 146 g/mol. The van der Waals surface area contributed by atoms with E-state index in [0.717, 1.165) is 5.92 Å². The van der Waals surface area contributed by atoms with Crippen molar-refractivity contribution in [3.05, 3.63) is 35.4 Å². The average molecular weight is 159 g/mol. The number of piperidine rings is 1. The average Bonchev–Trinajstić information content (AvgIpc) is 2.41. The van der Waals surface area contributed by atoms with Crippen molar-refractivity contribution in [1.29, 1.82) is 0 Å². The van der Waals surface area contributed by atoms with E-state index in [0.29, 0.717) is 6.04 Å². The molecule has 3 rings (SSSR count). The molecule has 1 heterocycles. The SMILES string of the molecule is c1ccc2c(c1)[C@@H]1CCN[C@H]2C1. The topological polar surface area (TPSA) is 12.0 Å². The molecule has 1 fully saturated rings. The van der Waals surface area contributed by atoms with E-state index in [4.69, 9.17) is 0 Å². The summed E-state index contributed by atoms with van der Waals surface area (Å²) in [4.78, 5) is 0. The minimum absolute atomic E-state index is 0.667. The summed E-state index contributed by atoms with van der Waals surface area (Å²) in [7, 11) is 0. The molecule has 1 aliphatic carbocycles. The van der Waals surface area contributed by atoms with Crippen molar-refractivity contribution in [2.45, 2.75) is 24.8 Å². The molecule has 0 aromatic heterocycles. The van der Waals surface area contributed by atoms with Gasteiger partial charge >= 0.3 is 0 Å². The van der Waals surface area contributed by atoms with Gasteiger partial charge in [0, 0.05) is 6.04 Å². The fourth-order valence-electron chi connectivity index (χ4n) is 2.64. The number of rotatable bonds is 0. The monoisotopic (exact) mass is 159 g/mol. The fourth-order valence-corrected chi connectivity index (χ4v) is 2.64. The summed E-state index contributed by atoms with van der Waals surface area (Å²) in [5.41, 5.74) is 3.16. The number of benzene rings is 1. The zero-order valence-electron chi connectivity index (χ0n) is 7.09. The van der Waals surface area contributed by atoms with Gasteiger partial charge in [0.15, 0.2) is 0 Å². The van der Waals surface area contributed by atoms with Gasteiger partial charge in [0.05, 0.1) is 0 Å². The maximum Gasteiger partial charge on any atom is 0.0328 e. The zero-order valence-corrected chi connectivity index (χ0v) is 7.09. The Balaban J connectivity index is 2.16. The molecule has 0 unspecified atom stereocenters. The zero-order chi connectivity index (χ0) is 7.97. The summed E-state index contributed by atoms with van der Waals surface area (Å²) in [5, 5.41) is 3.57. The van der Waals surface area contributed by atoms with E-state index < -0.39 is 0 Å². The molecule has 0 radical (unpaired) electrons. The number of hydrogen-bond acceptors (Lipinski definition) is 1. The van der Waals surface area contributed by atoms with Crippen LogP contribution in [0.2, 0.25) is 0 Å². The summed E-state index contributed by atoms with van der Waals surface area (Å²) < 4.78 is 0. The first-order valence-corrected chi connectivity index (χ1v) is 4.77. The summed E-state index contributed by atoms with van der Waals surface area (Å²) in [6.07, 6.45) is 2.66. The highest BCUT2D eigenvalue weighted by molar-refractivity contribution is 5.38. The van der Waals surface area contributed by atoms with Crippen LogP contribution in [0, 0.1) is 0 Å². The van der Waals surface area contributed by atoms with Crippen LogP contribution in [0.1, 0.15) is 35.9 Å². The number of nitrogens with one attached hydrogen (secondary N) is 1. The molecular formula is C11H13N. The van der Waals surface area contributed by atoms with Gasteiger partial charge in [-0.3, -0.25) is 0 Å². The van der Waals surface area contributed by atoms with Crippen molar-refractivity contribution in [3.63, 3.8) is 0 Å². The molecule has 1 saturated heterocycles. The molecule has 1 heteroatoms. The quantitative estimate of drug-likeness (QED) is 0.612. The van der Waals surface area contributed by atoms with E-state index in [-0.39, 0.29) is 0 Å². The Morgan fingerprint density at radius 3 is 2.92 bits per heavy atom. The van der Waals surface area contributed by atoms with Crippen molar-refractivity contribution in [2.24, 2.45) is 0 Å². The predicted octanol–water partition coefficient (Wildman–Crippen LogP) is 2.21. The molecule has 62 valence electrons. The maximum absolute atomic E-state index is 3.57. The molecule has 0 amide bonds. The maximum atomic E-state index is 3.57. The molecule has 1 aliphatic heterocycles. The summed E-state index contributed by atoms with van der Waals surface area (Å²) in [6, 6.07) is 9.56. The van der Waals surface area contributed by atoms with Gasteiger partial charge in [-0.1, -0.05) is 24.3 Å². The van der Waals surface area contributed by atoms with Gasteiger partial charge in [0.25, 0.3) is 0 Å². The Hall–Kier alpha value is -0.820. The number of hydrogen-bond donors (Lipinski definition) is 1. The normalized spacial score (nSPS) is 31.7. The molecule has 2 atom stereocenters. The van der Waals surface area contributed by atoms with Gasteiger partial charge in [-0.05, 0) is 36.4 Å². The second kappa shape index (κ2) is 2.33. The van der Waals surface area contributed by atoms with Gasteiger partial charge in [-0.2, -0.15) is 0 Å². The van der Waals surface area contributed by atoms with Crippen LogP contribution in [0.5, 0.6) is 0 Å². The largest absolute Gasteiger partial charge is 0.310 e. The van der Waals surface area contributed by atoms with Crippen LogP contribution < -0.4 is 5.32 Å². The van der Waals surface area contributed by atoms with Crippen LogP contribution in [-0.2, 0) is 0 Å². The molecule has 0 spiro atoms. The minimum atomic E-state index is 0.667. The smallest absolute Gasteiger partial charge is 0.0328 e. The predicted molar refractivity (Wildman–Crippen MR) is 49.2 cm³/mol. The lowest BCUT2D eigenvalue weighted by atomic mass is 9.97. The Labute approximate surface area is 72.8 Å². The Kier molecular flexibility index (Phi) is 1.30. The summed E-state index contributed by atoms with van der Waals surface area (Å²) >= 11 is 0. The van der Waals surface area contributed by atoms with Gasteiger partial charge in [0.1, 0.15) is 0 Å². The van der Waals surface area contributed by atoms with Crippen LogP contribution in [0.25, 0.3) is 0 Å². The van der Waals surface area contributed by atoms with Crippen molar-refractivity contribution < 1.29 is 0 Å². The van der Waals surface area contributed by atoms with Gasteiger partial charge in [0.2, 0.25) is 0 Å². The highest BCUT2D eigenvalue weighted by atomic mass is 14.9. The third kappa shape index (κ3) is 0.774. The van der Waals surface area contributed by atoms with E-state index in [1.165, 1.54) is 19.4 Å². The van der Waals surface area contributed by atoms with Gasteiger partial charge < -0.3 is 5.32 Å². The molecule has 2 bridgehead atoms. The van der Waals surface area contributed by atoms with E-state index in [2.05, 4.69) is 29.6 Å². The summed E-state index contributed by atoms with van der Waals surface area (Å²) in [6.45, 7) is 1.20. The molecule has 1 aromatic carbocycles. The van der Waals surface area contributed by atoms with Crippen LogP contribution in [0.4, 0.5) is 0 Å². The Morgan fingerprint density at radius 2 is 2.00 bits per heavy atom. The lowest BCUT2D eigenvalue weighted by molar-refractivity contribution is 0.410. The number of fused-ring (bicyclic) bond motifs is 5. The first kappa shape index (κ1) is 6.67. The van der Waals surface area contributed by atoms with Gasteiger partial charge in [-0.25, -0.2) is 0 Å². The fraction of sp³-hybridized carbons (Fsp3) is 0.455. The minimum Gasteiger partial charge on any atom is -0.310 e. The molecule has 2 aliphatic rings. The van der Waals surface area contributed by atoms with Crippen LogP contribution in [-0.4, -0.2) is 6.54 Å². The molecule has 1 aromatic rings. The highest BCUT2D eigenvalue weighted by Gasteiger charge is 2.32. The van der Waals surface area contributed by atoms with E-state index >= 15 is 0 Å². The highest BCUT2D eigenvalue weighted by Crippen LogP contribution is 2.44. The Bertz CT molecular complexity index is 277. The van der Waals surface area contributed by atoms with E-state index in [1.807, 2.05) is 0 Å². The molecule has 1 nitrogen and oxygen atoms in total.